The Hall–Kier alpha value is -8.66. The van der Waals surface area contributed by atoms with Crippen LogP contribution in [0, 0.1) is 0 Å². The van der Waals surface area contributed by atoms with Gasteiger partial charge in [0, 0.05) is 27.7 Å². The average Bonchev–Trinajstić information content (AvgIpc) is 3.72. The monoisotopic (exact) mass is 828 g/mol. The maximum Gasteiger partial charge on any atom is 0.152 e. The second kappa shape index (κ2) is 15.0. The van der Waals surface area contributed by atoms with Gasteiger partial charge in [0.05, 0.1) is 22.4 Å². The SMILES string of the molecule is c1ccc(-c2ccc(-c3ccc(N(c4ccc(-c5cc6ccccc6c6ccccc56)cc4)c4ccccc4-c4ccc5c(c4)c4cccc6c4n5-c4ccccc4O6)cc3)cc2)cc1. The molecule has 12 aromatic rings. The third-order valence-electron chi connectivity index (χ3n) is 13.2. The van der Waals surface area contributed by atoms with Crippen LogP contribution in [-0.4, -0.2) is 4.57 Å². The molecule has 0 radical (unpaired) electrons. The summed E-state index contributed by atoms with van der Waals surface area (Å²) in [7, 11) is 0. The van der Waals surface area contributed by atoms with Crippen LogP contribution in [0.2, 0.25) is 0 Å². The van der Waals surface area contributed by atoms with Crippen molar-refractivity contribution in [2.45, 2.75) is 0 Å². The van der Waals surface area contributed by atoms with Crippen molar-refractivity contribution >= 4 is 60.4 Å². The Balaban J connectivity index is 0.947. The van der Waals surface area contributed by atoms with Crippen LogP contribution in [0.4, 0.5) is 17.1 Å². The lowest BCUT2D eigenvalue weighted by atomic mass is 9.93. The van der Waals surface area contributed by atoms with Crippen molar-refractivity contribution in [1.82, 2.24) is 4.57 Å². The number of hydrogen-bond donors (Lipinski definition) is 0. The van der Waals surface area contributed by atoms with Crippen molar-refractivity contribution in [3.8, 4) is 61.7 Å². The predicted molar refractivity (Wildman–Crippen MR) is 272 cm³/mol. The van der Waals surface area contributed by atoms with Crippen molar-refractivity contribution in [2.24, 2.45) is 0 Å². The van der Waals surface area contributed by atoms with E-state index in [9.17, 15) is 0 Å². The minimum atomic E-state index is 0.866. The first-order valence-electron chi connectivity index (χ1n) is 22.2. The standard InChI is InChI=1S/C62H40N2O/c1-2-13-41(14-3-1)42-25-27-43(28-26-42)44-29-34-48(35-30-44)63(49-36-31-45(32-37-49)55-39-46-15-4-5-16-50(46)52-18-6-7-19-53(52)55)57-21-9-8-17-51(57)47-33-38-58-56(40-47)54-20-12-24-61-62(54)64(58)59-22-10-11-23-60(59)65-61/h1-40H. The first kappa shape index (κ1) is 36.9. The maximum absolute atomic E-state index is 6.45. The third-order valence-corrected chi connectivity index (χ3v) is 13.2. The lowest BCUT2D eigenvalue weighted by Gasteiger charge is -2.28. The Labute approximate surface area is 377 Å². The summed E-state index contributed by atoms with van der Waals surface area (Å²) in [6.45, 7) is 0. The van der Waals surface area contributed by atoms with Gasteiger partial charge in [0.25, 0.3) is 0 Å². The Morgan fingerprint density at radius 2 is 0.877 bits per heavy atom. The highest BCUT2D eigenvalue weighted by Gasteiger charge is 2.25. The predicted octanol–water partition coefficient (Wildman–Crippen LogP) is 17.3. The Morgan fingerprint density at radius 1 is 0.323 bits per heavy atom. The summed E-state index contributed by atoms with van der Waals surface area (Å²) in [5.41, 5.74) is 16.0. The number of hydrogen-bond acceptors (Lipinski definition) is 2. The van der Waals surface area contributed by atoms with Gasteiger partial charge in [0.15, 0.2) is 11.5 Å². The van der Waals surface area contributed by atoms with Crippen molar-refractivity contribution in [1.29, 1.82) is 0 Å². The Morgan fingerprint density at radius 3 is 1.65 bits per heavy atom. The third kappa shape index (κ3) is 6.12. The van der Waals surface area contributed by atoms with E-state index >= 15 is 0 Å². The highest BCUT2D eigenvalue weighted by atomic mass is 16.5. The number of ether oxygens (including phenoxy) is 1. The molecular formula is C62H40N2O. The van der Waals surface area contributed by atoms with Crippen LogP contribution in [-0.2, 0) is 0 Å². The van der Waals surface area contributed by atoms with Crippen LogP contribution in [0.3, 0.4) is 0 Å². The van der Waals surface area contributed by atoms with E-state index in [1.165, 1.54) is 65.7 Å². The number of fused-ring (bicyclic) bond motifs is 8. The molecule has 0 aliphatic carbocycles. The molecule has 1 aliphatic heterocycles. The summed E-state index contributed by atoms with van der Waals surface area (Å²) in [6.07, 6.45) is 0. The second-order valence-corrected chi connectivity index (χ2v) is 16.9. The Bertz CT molecular complexity index is 3770. The lowest BCUT2D eigenvalue weighted by Crippen LogP contribution is -2.11. The molecule has 0 amide bonds. The number of aromatic nitrogens is 1. The Kier molecular flexibility index (Phi) is 8.53. The van der Waals surface area contributed by atoms with Gasteiger partial charge in [-0.15, -0.1) is 0 Å². The van der Waals surface area contributed by atoms with Crippen molar-refractivity contribution in [3.63, 3.8) is 0 Å². The number of rotatable bonds is 7. The molecule has 0 bridgehead atoms. The van der Waals surface area contributed by atoms with E-state index in [0.29, 0.717) is 0 Å². The van der Waals surface area contributed by atoms with Gasteiger partial charge in [-0.05, 0) is 127 Å². The van der Waals surface area contributed by atoms with Crippen molar-refractivity contribution in [3.05, 3.63) is 243 Å². The number of anilines is 3. The van der Waals surface area contributed by atoms with E-state index < -0.39 is 0 Å². The van der Waals surface area contributed by atoms with Crippen LogP contribution < -0.4 is 9.64 Å². The summed E-state index contributed by atoms with van der Waals surface area (Å²) < 4.78 is 8.81. The van der Waals surface area contributed by atoms with Gasteiger partial charge in [0.2, 0.25) is 0 Å². The number of nitrogens with zero attached hydrogens (tertiary/aromatic N) is 2. The van der Waals surface area contributed by atoms with Crippen LogP contribution >= 0.6 is 0 Å². The van der Waals surface area contributed by atoms with Gasteiger partial charge in [0.1, 0.15) is 0 Å². The molecule has 2 heterocycles. The molecule has 0 N–H and O–H groups in total. The average molecular weight is 829 g/mol. The van der Waals surface area contributed by atoms with E-state index in [4.69, 9.17) is 4.74 Å². The molecule has 65 heavy (non-hydrogen) atoms. The molecule has 0 saturated heterocycles. The number of benzene rings is 11. The topological polar surface area (TPSA) is 17.4 Å². The van der Waals surface area contributed by atoms with Gasteiger partial charge in [-0.25, -0.2) is 0 Å². The molecule has 304 valence electrons. The van der Waals surface area contributed by atoms with E-state index in [2.05, 4.69) is 240 Å². The van der Waals surface area contributed by atoms with Gasteiger partial charge in [-0.1, -0.05) is 176 Å². The molecule has 0 spiro atoms. The highest BCUT2D eigenvalue weighted by molar-refractivity contribution is 6.15. The molecule has 13 rings (SSSR count). The van der Waals surface area contributed by atoms with Crippen molar-refractivity contribution < 1.29 is 4.74 Å². The van der Waals surface area contributed by atoms with Crippen LogP contribution in [0.25, 0.3) is 93.5 Å². The van der Waals surface area contributed by atoms with E-state index in [-0.39, 0.29) is 0 Å². The van der Waals surface area contributed by atoms with Gasteiger partial charge < -0.3 is 14.2 Å². The van der Waals surface area contributed by atoms with E-state index in [1.807, 2.05) is 12.1 Å². The normalized spacial score (nSPS) is 11.8. The zero-order valence-corrected chi connectivity index (χ0v) is 35.4. The summed E-state index contributed by atoms with van der Waals surface area (Å²) in [5, 5.41) is 7.40. The fraction of sp³-hybridized carbons (Fsp3) is 0. The van der Waals surface area contributed by atoms with Crippen LogP contribution in [0.15, 0.2) is 243 Å². The van der Waals surface area contributed by atoms with Crippen LogP contribution in [0.1, 0.15) is 0 Å². The molecule has 0 atom stereocenters. The van der Waals surface area contributed by atoms with Crippen molar-refractivity contribution in [2.75, 3.05) is 4.90 Å². The minimum Gasteiger partial charge on any atom is -0.453 e. The largest absolute Gasteiger partial charge is 0.453 e. The minimum absolute atomic E-state index is 0.866. The van der Waals surface area contributed by atoms with E-state index in [1.54, 1.807) is 0 Å². The summed E-state index contributed by atoms with van der Waals surface area (Å²) in [4.78, 5) is 2.41. The summed E-state index contributed by atoms with van der Waals surface area (Å²) in [5.74, 6) is 1.74. The first-order valence-corrected chi connectivity index (χ1v) is 22.2. The van der Waals surface area contributed by atoms with Gasteiger partial charge in [-0.3, -0.25) is 0 Å². The zero-order valence-electron chi connectivity index (χ0n) is 35.4. The molecule has 1 aliphatic rings. The molecule has 0 unspecified atom stereocenters. The summed E-state index contributed by atoms with van der Waals surface area (Å²) >= 11 is 0. The maximum atomic E-state index is 6.45. The quantitative estimate of drug-likeness (QED) is 0.149. The molecule has 3 heteroatoms. The fourth-order valence-electron chi connectivity index (χ4n) is 10.1. The smallest absolute Gasteiger partial charge is 0.152 e. The molecule has 0 saturated carbocycles. The van der Waals surface area contributed by atoms with E-state index in [0.717, 1.165) is 56.4 Å². The highest BCUT2D eigenvalue weighted by Crippen LogP contribution is 2.48. The fourth-order valence-corrected chi connectivity index (χ4v) is 10.1. The summed E-state index contributed by atoms with van der Waals surface area (Å²) in [6, 6.07) is 87.8. The molecule has 3 nitrogen and oxygen atoms in total. The second-order valence-electron chi connectivity index (χ2n) is 16.9. The zero-order chi connectivity index (χ0) is 42.8. The molecule has 1 aromatic heterocycles. The lowest BCUT2D eigenvalue weighted by molar-refractivity contribution is 0.476. The first-order chi connectivity index (χ1) is 32.2. The number of para-hydroxylation sites is 4. The molecule has 11 aromatic carbocycles. The van der Waals surface area contributed by atoms with Gasteiger partial charge in [-0.2, -0.15) is 0 Å². The van der Waals surface area contributed by atoms with Crippen LogP contribution in [0.5, 0.6) is 11.5 Å². The molecule has 0 fully saturated rings. The molecular weight excluding hydrogens is 789 g/mol. The van der Waals surface area contributed by atoms with Gasteiger partial charge >= 0.3 is 0 Å².